The van der Waals surface area contributed by atoms with Crippen molar-refractivity contribution in [2.24, 2.45) is 0 Å². The zero-order chi connectivity index (χ0) is 19.2. The summed E-state index contributed by atoms with van der Waals surface area (Å²) in [5, 5.41) is 0. The zero-order valence-electron chi connectivity index (χ0n) is 15.2. The Morgan fingerprint density at radius 1 is 1.22 bits per heavy atom. The highest BCUT2D eigenvalue weighted by molar-refractivity contribution is 5.92. The molecule has 4 nitrogen and oxygen atoms in total. The van der Waals surface area contributed by atoms with Crippen molar-refractivity contribution in [2.45, 2.75) is 20.3 Å². The number of esters is 1. The topological polar surface area (TPSA) is 48.4 Å². The van der Waals surface area contributed by atoms with Crippen molar-refractivity contribution in [3.63, 3.8) is 0 Å². The van der Waals surface area contributed by atoms with E-state index in [-0.39, 0.29) is 18.0 Å². The second-order valence-electron chi connectivity index (χ2n) is 5.99. The molecule has 0 fully saturated rings. The molecule has 0 aliphatic heterocycles. The number of aromatic nitrogens is 1. The van der Waals surface area contributed by atoms with Crippen LogP contribution in [0.5, 0.6) is 5.75 Å². The standard InChI is InChI=1S/C22H20FNO3/c1-3-26-22(25)18-14-24-19(16-9-7-10-17(23)12-16)13-21(18)27-20-11-6-4-5-8-15(20)2/h5-14H,3-4H2,1-2H3. The van der Waals surface area contributed by atoms with Crippen LogP contribution in [0.15, 0.2) is 72.2 Å². The van der Waals surface area contributed by atoms with E-state index in [9.17, 15) is 9.18 Å². The van der Waals surface area contributed by atoms with Crippen LogP contribution in [0.4, 0.5) is 4.39 Å². The van der Waals surface area contributed by atoms with E-state index in [1.807, 2.05) is 31.2 Å². The van der Waals surface area contributed by atoms with Gasteiger partial charge in [-0.2, -0.15) is 0 Å². The third-order valence-corrected chi connectivity index (χ3v) is 4.00. The number of carbonyl (C=O) groups excluding carboxylic acids is 1. The van der Waals surface area contributed by atoms with Crippen molar-refractivity contribution in [3.05, 3.63) is 83.5 Å². The predicted molar refractivity (Wildman–Crippen MR) is 102 cm³/mol. The Bertz CT molecular complexity index is 944. The van der Waals surface area contributed by atoms with E-state index < -0.39 is 5.97 Å². The highest BCUT2D eigenvalue weighted by atomic mass is 19.1. The molecule has 1 aromatic heterocycles. The van der Waals surface area contributed by atoms with Crippen molar-refractivity contribution >= 4 is 5.97 Å². The number of pyridine rings is 1. The molecular weight excluding hydrogens is 345 g/mol. The maximum absolute atomic E-state index is 13.6. The molecule has 2 aromatic rings. The molecular formula is C22H20FNO3. The van der Waals surface area contributed by atoms with Crippen LogP contribution < -0.4 is 4.74 Å². The number of halogens is 1. The lowest BCUT2D eigenvalue weighted by Gasteiger charge is -2.14. The van der Waals surface area contributed by atoms with Gasteiger partial charge in [0.05, 0.1) is 12.3 Å². The van der Waals surface area contributed by atoms with Gasteiger partial charge in [-0.3, -0.25) is 4.98 Å². The van der Waals surface area contributed by atoms with Crippen LogP contribution in [0.25, 0.3) is 11.3 Å². The second-order valence-corrected chi connectivity index (χ2v) is 5.99. The Morgan fingerprint density at radius 3 is 2.81 bits per heavy atom. The first-order chi connectivity index (χ1) is 13.1. The Morgan fingerprint density at radius 2 is 2.04 bits per heavy atom. The lowest BCUT2D eigenvalue weighted by Crippen LogP contribution is -2.09. The fourth-order valence-electron chi connectivity index (χ4n) is 2.63. The van der Waals surface area contributed by atoms with E-state index >= 15 is 0 Å². The van der Waals surface area contributed by atoms with Gasteiger partial charge in [0.2, 0.25) is 0 Å². The molecule has 1 aromatic carbocycles. The molecule has 1 aliphatic carbocycles. The Balaban J connectivity index is 2.05. The van der Waals surface area contributed by atoms with Gasteiger partial charge in [0.1, 0.15) is 22.9 Å². The summed E-state index contributed by atoms with van der Waals surface area (Å²) in [4.78, 5) is 16.6. The molecule has 0 radical (unpaired) electrons. The largest absolute Gasteiger partial charge is 0.462 e. The number of carbonyl (C=O) groups is 1. The van der Waals surface area contributed by atoms with E-state index in [1.54, 1.807) is 25.1 Å². The molecule has 1 heterocycles. The van der Waals surface area contributed by atoms with Crippen molar-refractivity contribution in [1.82, 2.24) is 4.98 Å². The van der Waals surface area contributed by atoms with Crippen LogP contribution in [0.3, 0.4) is 0 Å². The average molecular weight is 365 g/mol. The first-order valence-electron chi connectivity index (χ1n) is 8.73. The number of rotatable bonds is 5. The van der Waals surface area contributed by atoms with Crippen LogP contribution >= 0.6 is 0 Å². The van der Waals surface area contributed by atoms with E-state index in [1.165, 1.54) is 18.3 Å². The second kappa shape index (κ2) is 8.45. The third-order valence-electron chi connectivity index (χ3n) is 4.00. The van der Waals surface area contributed by atoms with E-state index in [2.05, 4.69) is 4.98 Å². The van der Waals surface area contributed by atoms with Crippen molar-refractivity contribution in [3.8, 4) is 17.0 Å². The van der Waals surface area contributed by atoms with Crippen LogP contribution in [0.1, 0.15) is 30.6 Å². The minimum atomic E-state index is -0.516. The summed E-state index contributed by atoms with van der Waals surface area (Å²) < 4.78 is 24.7. The maximum Gasteiger partial charge on any atom is 0.343 e. The van der Waals surface area contributed by atoms with Gasteiger partial charge in [0.25, 0.3) is 0 Å². The van der Waals surface area contributed by atoms with Gasteiger partial charge in [-0.25, -0.2) is 9.18 Å². The minimum absolute atomic E-state index is 0.221. The van der Waals surface area contributed by atoms with E-state index in [4.69, 9.17) is 9.47 Å². The van der Waals surface area contributed by atoms with E-state index in [0.717, 1.165) is 12.0 Å². The number of hydrogen-bond donors (Lipinski definition) is 0. The van der Waals surface area contributed by atoms with Gasteiger partial charge in [0.15, 0.2) is 0 Å². The van der Waals surface area contributed by atoms with Gasteiger partial charge in [-0.05, 0) is 44.1 Å². The quantitative estimate of drug-likeness (QED) is 0.681. The summed E-state index contributed by atoms with van der Waals surface area (Å²) in [6.45, 7) is 3.91. The number of benzene rings is 1. The van der Waals surface area contributed by atoms with Gasteiger partial charge in [-0.15, -0.1) is 0 Å². The zero-order valence-corrected chi connectivity index (χ0v) is 15.2. The van der Waals surface area contributed by atoms with Gasteiger partial charge < -0.3 is 9.47 Å². The van der Waals surface area contributed by atoms with Crippen molar-refractivity contribution < 1.29 is 18.7 Å². The molecule has 0 spiro atoms. The molecule has 0 N–H and O–H groups in total. The maximum atomic E-state index is 13.6. The Labute approximate surface area is 157 Å². The highest BCUT2D eigenvalue weighted by Gasteiger charge is 2.18. The summed E-state index contributed by atoms with van der Waals surface area (Å²) in [5.74, 6) is 0.0709. The first-order valence-corrected chi connectivity index (χ1v) is 8.73. The van der Waals surface area contributed by atoms with Crippen LogP contribution in [-0.4, -0.2) is 17.6 Å². The van der Waals surface area contributed by atoms with Crippen molar-refractivity contribution in [1.29, 1.82) is 0 Å². The van der Waals surface area contributed by atoms with Crippen LogP contribution in [0.2, 0.25) is 0 Å². The fourth-order valence-corrected chi connectivity index (χ4v) is 2.63. The highest BCUT2D eigenvalue weighted by Crippen LogP contribution is 2.29. The summed E-state index contributed by atoms with van der Waals surface area (Å²) in [7, 11) is 0. The average Bonchev–Trinajstić information content (AvgIpc) is 2.86. The molecule has 0 bridgehead atoms. The summed E-state index contributed by atoms with van der Waals surface area (Å²) >= 11 is 0. The molecule has 0 atom stereocenters. The monoisotopic (exact) mass is 365 g/mol. The number of nitrogens with zero attached hydrogens (tertiary/aromatic N) is 1. The van der Waals surface area contributed by atoms with Crippen LogP contribution in [0, 0.1) is 5.82 Å². The van der Waals surface area contributed by atoms with E-state index in [0.29, 0.717) is 22.8 Å². The third kappa shape index (κ3) is 4.50. The van der Waals surface area contributed by atoms with Gasteiger partial charge >= 0.3 is 5.97 Å². The first kappa shape index (κ1) is 18.6. The minimum Gasteiger partial charge on any atom is -0.462 e. The lowest BCUT2D eigenvalue weighted by molar-refractivity contribution is 0.0522. The predicted octanol–water partition coefficient (Wildman–Crippen LogP) is 5.23. The molecule has 0 saturated heterocycles. The Hall–Kier alpha value is -3.21. The lowest BCUT2D eigenvalue weighted by atomic mass is 10.1. The van der Waals surface area contributed by atoms with Crippen molar-refractivity contribution in [2.75, 3.05) is 6.61 Å². The molecule has 5 heteroatoms. The normalized spacial score (nSPS) is 13.4. The summed E-state index contributed by atoms with van der Waals surface area (Å²) in [6, 6.07) is 7.74. The smallest absolute Gasteiger partial charge is 0.343 e. The summed E-state index contributed by atoms with van der Waals surface area (Å²) in [5.41, 5.74) is 2.25. The van der Waals surface area contributed by atoms with Gasteiger partial charge in [0, 0.05) is 17.8 Å². The number of ether oxygens (including phenoxy) is 2. The van der Waals surface area contributed by atoms with Crippen LogP contribution in [-0.2, 0) is 4.74 Å². The molecule has 3 rings (SSSR count). The molecule has 0 amide bonds. The fraction of sp³-hybridized carbons (Fsp3) is 0.182. The molecule has 27 heavy (non-hydrogen) atoms. The summed E-state index contributed by atoms with van der Waals surface area (Å²) in [6.07, 6.45) is 10.0. The SMILES string of the molecule is CCOC(=O)c1cnc(-c2cccc(F)c2)cc1OC1=C(C)C=CCC=C1. The molecule has 1 aliphatic rings. The molecule has 138 valence electrons. The Kier molecular flexibility index (Phi) is 5.81. The van der Waals surface area contributed by atoms with Gasteiger partial charge in [-0.1, -0.05) is 30.4 Å². The molecule has 0 unspecified atom stereocenters. The molecule has 0 saturated carbocycles. The number of hydrogen-bond acceptors (Lipinski definition) is 4. The number of allylic oxidation sites excluding steroid dienone is 5.